The van der Waals surface area contributed by atoms with E-state index in [0.29, 0.717) is 23.1 Å². The monoisotopic (exact) mass is 421 g/mol. The zero-order valence-electron chi connectivity index (χ0n) is 17.0. The number of amides is 1. The van der Waals surface area contributed by atoms with E-state index in [4.69, 9.17) is 27.9 Å². The van der Waals surface area contributed by atoms with Crippen molar-refractivity contribution in [3.63, 3.8) is 0 Å². The maximum atomic E-state index is 12.4. The molecule has 2 atom stereocenters. The molecule has 0 heterocycles. The van der Waals surface area contributed by atoms with Crippen LogP contribution in [-0.2, 0) is 16.0 Å². The molecule has 28 heavy (non-hydrogen) atoms. The third-order valence-electron chi connectivity index (χ3n) is 4.52. The Morgan fingerprint density at radius 2 is 1.54 bits per heavy atom. The van der Waals surface area contributed by atoms with Gasteiger partial charge in [-0.1, -0.05) is 47.5 Å². The van der Waals surface area contributed by atoms with E-state index in [9.17, 15) is 4.79 Å². The van der Waals surface area contributed by atoms with Crippen molar-refractivity contribution >= 4 is 29.1 Å². The molecule has 2 aromatic carbocycles. The molecule has 0 unspecified atom stereocenters. The fraction of sp³-hybridized carbons (Fsp3) is 0.435. The predicted molar refractivity (Wildman–Crippen MR) is 117 cm³/mol. The van der Waals surface area contributed by atoms with Gasteiger partial charge in [-0.2, -0.15) is 0 Å². The van der Waals surface area contributed by atoms with Crippen LogP contribution in [0.5, 0.6) is 0 Å². The molecule has 1 amide bonds. The number of rotatable bonds is 8. The highest BCUT2D eigenvalue weighted by molar-refractivity contribution is 6.30. The summed E-state index contributed by atoms with van der Waals surface area (Å²) in [5.41, 5.74) is 2.06. The van der Waals surface area contributed by atoms with Crippen LogP contribution >= 0.6 is 23.2 Å². The molecule has 0 bridgehead atoms. The van der Waals surface area contributed by atoms with E-state index in [1.165, 1.54) is 5.56 Å². The lowest BCUT2D eigenvalue weighted by Crippen LogP contribution is -2.38. The molecule has 152 valence electrons. The second kappa shape index (κ2) is 10.3. The minimum atomic E-state index is -0.244. The molecule has 2 rings (SSSR count). The molecule has 0 saturated carbocycles. The average molecular weight is 422 g/mol. The third-order valence-corrected chi connectivity index (χ3v) is 5.03. The number of nitrogens with one attached hydrogen (secondary N) is 1. The van der Waals surface area contributed by atoms with Gasteiger partial charge in [0.05, 0.1) is 12.2 Å². The average Bonchev–Trinajstić information content (AvgIpc) is 2.61. The van der Waals surface area contributed by atoms with Crippen LogP contribution in [0.25, 0.3) is 0 Å². The molecule has 2 aromatic rings. The van der Waals surface area contributed by atoms with Gasteiger partial charge in [0, 0.05) is 28.4 Å². The normalized spacial score (nSPS) is 13.8. The summed E-state index contributed by atoms with van der Waals surface area (Å²) in [6.45, 7) is 8.39. The number of carbonyl (C=O) groups is 1. The van der Waals surface area contributed by atoms with E-state index < -0.39 is 0 Å². The van der Waals surface area contributed by atoms with Gasteiger partial charge in [0.25, 0.3) is 0 Å². The van der Waals surface area contributed by atoms with Crippen LogP contribution < -0.4 is 5.32 Å². The molecular weight excluding hydrogens is 393 g/mol. The molecule has 0 saturated heterocycles. The van der Waals surface area contributed by atoms with Crippen molar-refractivity contribution in [2.45, 2.75) is 58.1 Å². The largest absolute Gasteiger partial charge is 0.375 e. The predicted octanol–water partition coefficient (Wildman–Crippen LogP) is 6.03. The Kier molecular flexibility index (Phi) is 8.36. The van der Waals surface area contributed by atoms with E-state index in [2.05, 4.69) is 5.32 Å². The summed E-state index contributed by atoms with van der Waals surface area (Å²) in [4.78, 5) is 12.4. The minimum absolute atomic E-state index is 0.00757. The topological polar surface area (TPSA) is 38.3 Å². The molecule has 0 aliphatic carbocycles. The quantitative estimate of drug-likeness (QED) is 0.564. The molecule has 0 aliphatic heterocycles. The summed E-state index contributed by atoms with van der Waals surface area (Å²) in [5, 5.41) is 4.55. The molecule has 1 N–H and O–H groups in total. The Balaban J connectivity index is 2.08. The zero-order valence-corrected chi connectivity index (χ0v) is 18.5. The summed E-state index contributed by atoms with van der Waals surface area (Å²) in [5.74, 6) is 0.109. The van der Waals surface area contributed by atoms with Gasteiger partial charge in [-0.3, -0.25) is 4.79 Å². The number of carbonyl (C=O) groups excluding carboxylic acids is 1. The first-order chi connectivity index (χ1) is 13.1. The van der Waals surface area contributed by atoms with Gasteiger partial charge in [0.1, 0.15) is 0 Å². The van der Waals surface area contributed by atoms with Crippen LogP contribution in [0.3, 0.4) is 0 Å². The highest BCUT2D eigenvalue weighted by atomic mass is 35.5. The van der Waals surface area contributed by atoms with Crippen LogP contribution in [0, 0.1) is 0 Å². The van der Waals surface area contributed by atoms with Crippen molar-refractivity contribution in [1.29, 1.82) is 0 Å². The Morgan fingerprint density at radius 1 is 1.00 bits per heavy atom. The lowest BCUT2D eigenvalue weighted by molar-refractivity contribution is -0.124. The van der Waals surface area contributed by atoms with Gasteiger partial charge in [0.2, 0.25) is 5.91 Å². The van der Waals surface area contributed by atoms with Crippen molar-refractivity contribution in [1.82, 2.24) is 5.32 Å². The first kappa shape index (κ1) is 22.7. The summed E-state index contributed by atoms with van der Waals surface area (Å²) >= 11 is 12.1. The van der Waals surface area contributed by atoms with Gasteiger partial charge in [-0.05, 0) is 69.5 Å². The summed E-state index contributed by atoms with van der Waals surface area (Å²) in [7, 11) is 0. The zero-order chi connectivity index (χ0) is 20.7. The second-order valence-corrected chi connectivity index (χ2v) is 8.93. The molecular formula is C23H29Cl2NO2. The van der Waals surface area contributed by atoms with Crippen LogP contribution in [0.4, 0.5) is 0 Å². The molecule has 0 spiro atoms. The molecule has 0 radical (unpaired) electrons. The smallest absolute Gasteiger partial charge is 0.222 e. The van der Waals surface area contributed by atoms with Gasteiger partial charge >= 0.3 is 0 Å². The Labute approximate surface area is 178 Å². The van der Waals surface area contributed by atoms with Crippen molar-refractivity contribution in [2.75, 3.05) is 6.61 Å². The fourth-order valence-electron chi connectivity index (χ4n) is 3.04. The van der Waals surface area contributed by atoms with Crippen molar-refractivity contribution in [3.05, 3.63) is 69.7 Å². The first-order valence-corrected chi connectivity index (χ1v) is 10.3. The Bertz CT molecular complexity index is 752. The van der Waals surface area contributed by atoms with Crippen molar-refractivity contribution < 1.29 is 9.53 Å². The summed E-state index contributed by atoms with van der Waals surface area (Å²) < 4.78 is 5.66. The Hall–Kier alpha value is -1.55. The van der Waals surface area contributed by atoms with Gasteiger partial charge in [0.15, 0.2) is 0 Å². The standard InChI is InChI=1S/C23H29Cl2NO2/c1-16(26-22(27)13-14-28-23(2,3)4)21(18-7-11-20(25)12-8-18)15-17-5-9-19(24)10-6-17/h5-12,16,21H,13-15H2,1-4H3,(H,26,27)/t16-,21+/m1/s1. The van der Waals surface area contributed by atoms with E-state index in [1.54, 1.807) is 0 Å². The fourth-order valence-corrected chi connectivity index (χ4v) is 3.30. The van der Waals surface area contributed by atoms with Gasteiger partial charge in [-0.15, -0.1) is 0 Å². The molecule has 0 aromatic heterocycles. The van der Waals surface area contributed by atoms with E-state index in [-0.39, 0.29) is 23.5 Å². The Morgan fingerprint density at radius 3 is 2.07 bits per heavy atom. The van der Waals surface area contributed by atoms with Crippen LogP contribution in [0.2, 0.25) is 10.0 Å². The minimum Gasteiger partial charge on any atom is -0.375 e. The molecule has 5 heteroatoms. The van der Waals surface area contributed by atoms with Crippen molar-refractivity contribution in [2.24, 2.45) is 0 Å². The first-order valence-electron chi connectivity index (χ1n) is 9.57. The van der Waals surface area contributed by atoms with Crippen LogP contribution in [0.15, 0.2) is 48.5 Å². The number of halogens is 2. The maximum absolute atomic E-state index is 12.4. The SMILES string of the molecule is C[C@@H](NC(=O)CCOC(C)(C)C)[C@H](Cc1ccc(Cl)cc1)c1ccc(Cl)cc1. The summed E-state index contributed by atoms with van der Waals surface area (Å²) in [6.07, 6.45) is 1.13. The number of hydrogen-bond acceptors (Lipinski definition) is 2. The molecule has 3 nitrogen and oxygen atoms in total. The van der Waals surface area contributed by atoms with E-state index >= 15 is 0 Å². The number of hydrogen-bond donors (Lipinski definition) is 1. The maximum Gasteiger partial charge on any atom is 0.222 e. The van der Waals surface area contributed by atoms with Crippen LogP contribution in [-0.4, -0.2) is 24.2 Å². The highest BCUT2D eigenvalue weighted by Crippen LogP contribution is 2.27. The summed E-state index contributed by atoms with van der Waals surface area (Å²) in [6, 6.07) is 15.6. The van der Waals surface area contributed by atoms with Crippen molar-refractivity contribution in [3.8, 4) is 0 Å². The van der Waals surface area contributed by atoms with E-state index in [0.717, 1.165) is 12.0 Å². The molecule has 0 fully saturated rings. The second-order valence-electron chi connectivity index (χ2n) is 8.06. The number of benzene rings is 2. The number of ether oxygens (including phenoxy) is 1. The lowest BCUT2D eigenvalue weighted by Gasteiger charge is -2.26. The van der Waals surface area contributed by atoms with Gasteiger partial charge < -0.3 is 10.1 Å². The van der Waals surface area contributed by atoms with Gasteiger partial charge in [-0.25, -0.2) is 0 Å². The lowest BCUT2D eigenvalue weighted by atomic mass is 9.86. The van der Waals surface area contributed by atoms with Crippen LogP contribution in [0.1, 0.15) is 51.2 Å². The van der Waals surface area contributed by atoms with E-state index in [1.807, 2.05) is 76.2 Å². The third kappa shape index (κ3) is 7.83. The molecule has 0 aliphatic rings. The highest BCUT2D eigenvalue weighted by Gasteiger charge is 2.22.